The maximum atomic E-state index is 6.01. The summed E-state index contributed by atoms with van der Waals surface area (Å²) in [5.74, 6) is 3.29. The van der Waals surface area contributed by atoms with Crippen molar-refractivity contribution in [1.82, 2.24) is 25.2 Å². The maximum Gasteiger partial charge on any atom is 0.247 e. The van der Waals surface area contributed by atoms with Crippen molar-refractivity contribution in [2.45, 2.75) is 57.9 Å². The van der Waals surface area contributed by atoms with Gasteiger partial charge < -0.3 is 8.94 Å². The number of aromatic nitrogens is 4. The lowest BCUT2D eigenvalue weighted by Crippen LogP contribution is -2.34. The van der Waals surface area contributed by atoms with Crippen molar-refractivity contribution in [2.24, 2.45) is 5.41 Å². The Hall–Kier alpha value is -2.54. The van der Waals surface area contributed by atoms with Crippen LogP contribution in [0.1, 0.15) is 63.6 Å². The number of rotatable bonds is 4. The number of benzene rings is 1. The molecule has 3 aromatic rings. The summed E-state index contributed by atoms with van der Waals surface area (Å²) >= 11 is 0. The third-order valence-electron chi connectivity index (χ3n) is 6.28. The van der Waals surface area contributed by atoms with Crippen LogP contribution in [0.2, 0.25) is 0 Å². The van der Waals surface area contributed by atoms with Crippen LogP contribution in [-0.4, -0.2) is 38.3 Å². The lowest BCUT2D eigenvalue weighted by Gasteiger charge is -2.31. The van der Waals surface area contributed by atoms with Gasteiger partial charge in [-0.05, 0) is 49.9 Å². The van der Waals surface area contributed by atoms with Crippen molar-refractivity contribution in [1.29, 1.82) is 0 Å². The molecule has 1 saturated heterocycles. The molecule has 0 bridgehead atoms. The molecule has 0 radical (unpaired) electrons. The molecule has 1 atom stereocenters. The first-order chi connectivity index (χ1) is 13.9. The fraction of sp³-hybridized carbons (Fsp3) is 0.545. The average molecular weight is 393 g/mol. The van der Waals surface area contributed by atoms with E-state index in [1.807, 2.05) is 30.3 Å². The molecule has 3 heterocycles. The van der Waals surface area contributed by atoms with Crippen LogP contribution in [0.5, 0.6) is 0 Å². The van der Waals surface area contributed by atoms with Crippen LogP contribution in [0.3, 0.4) is 0 Å². The van der Waals surface area contributed by atoms with E-state index in [9.17, 15) is 0 Å². The van der Waals surface area contributed by atoms with Crippen LogP contribution in [0.4, 0.5) is 0 Å². The summed E-state index contributed by atoms with van der Waals surface area (Å²) in [6.07, 6.45) is 3.43. The first-order valence-electron chi connectivity index (χ1n) is 10.4. The highest BCUT2D eigenvalue weighted by Gasteiger charge is 2.58. The second-order valence-corrected chi connectivity index (χ2v) is 9.47. The van der Waals surface area contributed by atoms with Gasteiger partial charge in [0.25, 0.3) is 0 Å². The molecular formula is C22H27N5O2. The minimum Gasteiger partial charge on any atom is -0.420 e. The van der Waals surface area contributed by atoms with E-state index in [-0.39, 0.29) is 5.41 Å². The lowest BCUT2D eigenvalue weighted by molar-refractivity contribution is 0.155. The van der Waals surface area contributed by atoms with Crippen LogP contribution >= 0.6 is 0 Å². The summed E-state index contributed by atoms with van der Waals surface area (Å²) < 4.78 is 11.4. The van der Waals surface area contributed by atoms with Crippen molar-refractivity contribution in [3.63, 3.8) is 0 Å². The highest BCUT2D eigenvalue weighted by atomic mass is 16.5. The highest BCUT2D eigenvalue weighted by molar-refractivity contribution is 5.51. The second kappa shape index (κ2) is 6.76. The summed E-state index contributed by atoms with van der Waals surface area (Å²) in [6.45, 7) is 9.08. The van der Waals surface area contributed by atoms with Gasteiger partial charge in [0.15, 0.2) is 5.82 Å². The number of nitrogens with zero attached hydrogens (tertiary/aromatic N) is 5. The van der Waals surface area contributed by atoms with E-state index in [0.717, 1.165) is 56.2 Å². The fourth-order valence-electron chi connectivity index (χ4n) is 4.30. The van der Waals surface area contributed by atoms with Crippen LogP contribution in [0.25, 0.3) is 11.5 Å². The van der Waals surface area contributed by atoms with Crippen LogP contribution < -0.4 is 0 Å². The second-order valence-electron chi connectivity index (χ2n) is 9.47. The zero-order chi connectivity index (χ0) is 20.1. The van der Waals surface area contributed by atoms with E-state index in [4.69, 9.17) is 8.94 Å². The third-order valence-corrected chi connectivity index (χ3v) is 6.28. The number of hydrogen-bond donors (Lipinski definition) is 0. The van der Waals surface area contributed by atoms with E-state index in [1.54, 1.807) is 0 Å². The molecule has 7 heteroatoms. The lowest BCUT2D eigenvalue weighted by atomic mass is 9.91. The van der Waals surface area contributed by atoms with Gasteiger partial charge in [0, 0.05) is 16.9 Å². The van der Waals surface area contributed by atoms with Gasteiger partial charge in [-0.3, -0.25) is 4.90 Å². The van der Waals surface area contributed by atoms with Gasteiger partial charge in [0.1, 0.15) is 0 Å². The quantitative estimate of drug-likeness (QED) is 0.657. The predicted octanol–water partition coefficient (Wildman–Crippen LogP) is 4.19. The Labute approximate surface area is 170 Å². The SMILES string of the molecule is CC(C)(C)c1nc(CN2CCC3(CC2)C[C@H]3c2nnc(-c3ccccc3)o2)no1. The van der Waals surface area contributed by atoms with Crippen LogP contribution in [0, 0.1) is 5.41 Å². The average Bonchev–Trinajstić information content (AvgIpc) is 3.07. The molecule has 2 aromatic heterocycles. The fourth-order valence-corrected chi connectivity index (χ4v) is 4.30. The molecule has 2 fully saturated rings. The van der Waals surface area contributed by atoms with Gasteiger partial charge in [-0.1, -0.05) is 44.1 Å². The van der Waals surface area contributed by atoms with E-state index in [1.165, 1.54) is 0 Å². The van der Waals surface area contributed by atoms with Gasteiger partial charge in [0.05, 0.1) is 6.54 Å². The molecule has 0 amide bonds. The Kier molecular flexibility index (Phi) is 4.31. The number of likely N-dealkylation sites (tertiary alicyclic amines) is 1. The van der Waals surface area contributed by atoms with Gasteiger partial charge in [-0.25, -0.2) is 0 Å². The van der Waals surface area contributed by atoms with Crippen molar-refractivity contribution in [2.75, 3.05) is 13.1 Å². The Bertz CT molecular complexity index is 980. The third kappa shape index (κ3) is 3.59. The minimum atomic E-state index is -0.110. The Balaban J connectivity index is 1.19. The Morgan fingerprint density at radius 3 is 2.55 bits per heavy atom. The summed E-state index contributed by atoms with van der Waals surface area (Å²) in [5, 5.41) is 12.8. The summed E-state index contributed by atoms with van der Waals surface area (Å²) in [7, 11) is 0. The molecular weight excluding hydrogens is 366 g/mol. The van der Waals surface area contributed by atoms with Crippen molar-refractivity contribution in [3.8, 4) is 11.5 Å². The normalized spacial score (nSPS) is 21.6. The molecule has 1 aliphatic heterocycles. The standard InChI is InChI=1S/C22H27N5O2/c1-21(2,3)20-23-17(26-29-20)14-27-11-9-22(10-12-27)13-16(22)19-25-24-18(28-19)15-7-5-4-6-8-15/h4-8,16H,9-14H2,1-3H3/t16-/m0/s1. The number of hydrogen-bond acceptors (Lipinski definition) is 7. The van der Waals surface area contributed by atoms with E-state index in [2.05, 4.69) is 46.0 Å². The summed E-state index contributed by atoms with van der Waals surface area (Å²) in [6, 6.07) is 9.97. The molecule has 1 saturated carbocycles. The summed E-state index contributed by atoms with van der Waals surface area (Å²) in [5.41, 5.74) is 1.19. The molecule has 1 aliphatic carbocycles. The van der Waals surface area contributed by atoms with E-state index < -0.39 is 0 Å². The molecule has 2 aliphatic rings. The molecule has 1 spiro atoms. The van der Waals surface area contributed by atoms with E-state index in [0.29, 0.717) is 23.1 Å². The smallest absolute Gasteiger partial charge is 0.247 e. The Morgan fingerprint density at radius 1 is 1.10 bits per heavy atom. The van der Waals surface area contributed by atoms with E-state index >= 15 is 0 Å². The van der Waals surface area contributed by atoms with Gasteiger partial charge in [-0.15, -0.1) is 10.2 Å². The van der Waals surface area contributed by atoms with Crippen molar-refractivity contribution in [3.05, 3.63) is 47.9 Å². The summed E-state index contributed by atoms with van der Waals surface area (Å²) in [4.78, 5) is 6.99. The molecule has 7 nitrogen and oxygen atoms in total. The molecule has 29 heavy (non-hydrogen) atoms. The zero-order valence-corrected chi connectivity index (χ0v) is 17.3. The van der Waals surface area contributed by atoms with Gasteiger partial charge >= 0.3 is 0 Å². The highest BCUT2D eigenvalue weighted by Crippen LogP contribution is 2.64. The van der Waals surface area contributed by atoms with Crippen molar-refractivity contribution < 1.29 is 8.94 Å². The van der Waals surface area contributed by atoms with Crippen LogP contribution in [0.15, 0.2) is 39.3 Å². The zero-order valence-electron chi connectivity index (χ0n) is 17.3. The molecule has 1 aromatic carbocycles. The van der Waals surface area contributed by atoms with Crippen LogP contribution in [-0.2, 0) is 12.0 Å². The molecule has 5 rings (SSSR count). The maximum absolute atomic E-state index is 6.01. The molecule has 0 N–H and O–H groups in total. The van der Waals surface area contributed by atoms with Gasteiger partial charge in [-0.2, -0.15) is 4.98 Å². The van der Waals surface area contributed by atoms with Crippen molar-refractivity contribution >= 4 is 0 Å². The largest absolute Gasteiger partial charge is 0.420 e. The minimum absolute atomic E-state index is 0.110. The Morgan fingerprint density at radius 2 is 1.86 bits per heavy atom. The van der Waals surface area contributed by atoms with Gasteiger partial charge in [0.2, 0.25) is 17.7 Å². The number of piperidine rings is 1. The molecule has 152 valence electrons. The monoisotopic (exact) mass is 393 g/mol. The first kappa shape index (κ1) is 18.5. The predicted molar refractivity (Wildman–Crippen MR) is 107 cm³/mol. The molecule has 0 unspecified atom stereocenters. The first-order valence-corrected chi connectivity index (χ1v) is 10.4. The topological polar surface area (TPSA) is 81.1 Å².